The van der Waals surface area contributed by atoms with Gasteiger partial charge in [0.1, 0.15) is 10.7 Å². The normalized spacial score (nSPS) is 17.8. The van der Waals surface area contributed by atoms with Gasteiger partial charge in [0.05, 0.1) is 10.6 Å². The number of nitrogens with zero attached hydrogens (tertiary/aromatic N) is 4. The highest BCUT2D eigenvalue weighted by Crippen LogP contribution is 2.31. The number of sulfonamides is 1. The third-order valence-corrected chi connectivity index (χ3v) is 8.02. The van der Waals surface area contributed by atoms with Crippen LogP contribution >= 0.6 is 0 Å². The van der Waals surface area contributed by atoms with Crippen LogP contribution in [0.4, 0.5) is 17.2 Å². The Hall–Kier alpha value is -2.72. The van der Waals surface area contributed by atoms with Crippen LogP contribution in [0.3, 0.4) is 0 Å². The second-order valence-corrected chi connectivity index (χ2v) is 10.2. The molecule has 1 aromatic carbocycles. The summed E-state index contributed by atoms with van der Waals surface area (Å²) in [7, 11) is -3.81. The summed E-state index contributed by atoms with van der Waals surface area (Å²) in [4.78, 5) is 17.5. The molecule has 32 heavy (non-hydrogen) atoms. The van der Waals surface area contributed by atoms with Crippen molar-refractivity contribution in [1.29, 1.82) is 0 Å². The maximum Gasteiger partial charge on any atom is 0.270 e. The van der Waals surface area contributed by atoms with Crippen LogP contribution in [0.1, 0.15) is 44.1 Å². The molecule has 0 unspecified atom stereocenters. The Kier molecular flexibility index (Phi) is 6.90. The zero-order chi connectivity index (χ0) is 22.6. The summed E-state index contributed by atoms with van der Waals surface area (Å²) in [6.45, 7) is 3.28. The number of aromatic nitrogens is 1. The van der Waals surface area contributed by atoms with Crippen molar-refractivity contribution in [2.45, 2.75) is 50.0 Å². The molecule has 2 aromatic rings. The third kappa shape index (κ3) is 5.02. The number of nitrogens with one attached hydrogen (secondary N) is 1. The summed E-state index contributed by atoms with van der Waals surface area (Å²) in [6, 6.07) is 7.93. The Morgan fingerprint density at radius 1 is 0.969 bits per heavy atom. The minimum absolute atomic E-state index is 0.0530. The van der Waals surface area contributed by atoms with Crippen molar-refractivity contribution in [3.05, 3.63) is 52.2 Å². The molecule has 9 nitrogen and oxygen atoms in total. The Bertz CT molecular complexity index is 1040. The molecule has 2 fully saturated rings. The molecule has 0 radical (unpaired) electrons. The Morgan fingerprint density at radius 2 is 1.66 bits per heavy atom. The van der Waals surface area contributed by atoms with Gasteiger partial charge in [-0.05, 0) is 43.4 Å². The highest BCUT2D eigenvalue weighted by Gasteiger charge is 2.31. The summed E-state index contributed by atoms with van der Waals surface area (Å²) in [5.41, 5.74) is 1.03. The van der Waals surface area contributed by atoms with Crippen LogP contribution in [0.5, 0.6) is 0 Å². The van der Waals surface area contributed by atoms with Crippen LogP contribution in [0.2, 0.25) is 0 Å². The number of anilines is 2. The first-order valence-corrected chi connectivity index (χ1v) is 12.6. The molecule has 0 amide bonds. The lowest BCUT2D eigenvalue weighted by atomic mass is 10.2. The molecule has 2 aliphatic heterocycles. The average molecular weight is 460 g/mol. The van der Waals surface area contributed by atoms with E-state index in [0.717, 1.165) is 43.4 Å². The maximum atomic E-state index is 13.1. The Balaban J connectivity index is 1.52. The SMILES string of the molecule is O=[N+]([O-])c1ccc(NCc2ccc(N3CCCCCC3)nc2)c(S(=O)(=O)N2CCCC2)c1. The maximum absolute atomic E-state index is 13.1. The molecule has 3 heterocycles. The average Bonchev–Trinajstić information content (AvgIpc) is 3.22. The van der Waals surface area contributed by atoms with E-state index in [2.05, 4.69) is 15.2 Å². The van der Waals surface area contributed by atoms with Crippen molar-refractivity contribution in [1.82, 2.24) is 9.29 Å². The number of rotatable bonds is 7. The standard InChI is InChI=1S/C22H29N5O4S/c28-27(29)19-8-9-20(21(15-19)32(30,31)26-13-5-6-14-26)23-16-18-7-10-22(24-17-18)25-11-3-1-2-4-12-25/h7-10,15,17,23H,1-6,11-14,16H2. The van der Waals surface area contributed by atoms with E-state index in [1.54, 1.807) is 6.20 Å². The van der Waals surface area contributed by atoms with Crippen LogP contribution in [-0.4, -0.2) is 48.8 Å². The highest BCUT2D eigenvalue weighted by molar-refractivity contribution is 7.89. The molecular weight excluding hydrogens is 430 g/mol. The first kappa shape index (κ1) is 22.5. The fourth-order valence-electron chi connectivity index (χ4n) is 4.26. The highest BCUT2D eigenvalue weighted by atomic mass is 32.2. The van der Waals surface area contributed by atoms with Gasteiger partial charge in [-0.25, -0.2) is 13.4 Å². The fraction of sp³-hybridized carbons (Fsp3) is 0.500. The van der Waals surface area contributed by atoms with E-state index in [1.807, 2.05) is 12.1 Å². The van der Waals surface area contributed by atoms with E-state index in [4.69, 9.17) is 0 Å². The molecule has 172 valence electrons. The van der Waals surface area contributed by atoms with Gasteiger partial charge < -0.3 is 10.2 Å². The van der Waals surface area contributed by atoms with Gasteiger partial charge in [-0.15, -0.1) is 0 Å². The number of pyridine rings is 1. The van der Waals surface area contributed by atoms with Gasteiger partial charge in [0.25, 0.3) is 5.69 Å². The molecule has 2 aliphatic rings. The summed E-state index contributed by atoms with van der Waals surface area (Å²) in [5, 5.41) is 14.4. The van der Waals surface area contributed by atoms with E-state index in [1.165, 1.54) is 42.1 Å². The number of hydrogen-bond donors (Lipinski definition) is 1. The molecule has 0 bridgehead atoms. The van der Waals surface area contributed by atoms with Gasteiger partial charge in [0.15, 0.2) is 0 Å². The Labute approximate surface area is 188 Å². The Morgan fingerprint density at radius 3 is 2.28 bits per heavy atom. The fourth-order valence-corrected chi connectivity index (χ4v) is 5.96. The molecule has 1 N–H and O–H groups in total. The monoisotopic (exact) mass is 459 g/mol. The zero-order valence-corrected chi connectivity index (χ0v) is 18.9. The minimum Gasteiger partial charge on any atom is -0.380 e. The van der Waals surface area contributed by atoms with Crippen LogP contribution < -0.4 is 10.2 Å². The molecule has 0 saturated carbocycles. The minimum atomic E-state index is -3.81. The number of nitro benzene ring substituents is 1. The van der Waals surface area contributed by atoms with E-state index in [0.29, 0.717) is 25.3 Å². The van der Waals surface area contributed by atoms with Crippen LogP contribution in [0.15, 0.2) is 41.4 Å². The first-order chi connectivity index (χ1) is 15.4. The van der Waals surface area contributed by atoms with Gasteiger partial charge in [0, 0.05) is 51.1 Å². The van der Waals surface area contributed by atoms with Crippen molar-refractivity contribution in [2.24, 2.45) is 0 Å². The largest absolute Gasteiger partial charge is 0.380 e. The van der Waals surface area contributed by atoms with Gasteiger partial charge in [-0.2, -0.15) is 4.31 Å². The van der Waals surface area contributed by atoms with Crippen molar-refractivity contribution in [3.63, 3.8) is 0 Å². The molecule has 0 aliphatic carbocycles. The van der Waals surface area contributed by atoms with Crippen LogP contribution in [-0.2, 0) is 16.6 Å². The quantitative estimate of drug-likeness (QED) is 0.496. The molecule has 1 aromatic heterocycles. The number of nitro groups is 1. The van der Waals surface area contributed by atoms with E-state index in [9.17, 15) is 18.5 Å². The van der Waals surface area contributed by atoms with Gasteiger partial charge in [-0.3, -0.25) is 10.1 Å². The molecule has 0 spiro atoms. The predicted molar refractivity (Wildman–Crippen MR) is 123 cm³/mol. The summed E-state index contributed by atoms with van der Waals surface area (Å²) < 4.78 is 27.7. The third-order valence-electron chi connectivity index (χ3n) is 6.08. The number of hydrogen-bond acceptors (Lipinski definition) is 7. The van der Waals surface area contributed by atoms with E-state index >= 15 is 0 Å². The first-order valence-electron chi connectivity index (χ1n) is 11.2. The zero-order valence-electron chi connectivity index (χ0n) is 18.1. The lowest BCUT2D eigenvalue weighted by Gasteiger charge is -2.21. The molecule has 10 heteroatoms. The number of benzene rings is 1. The molecule has 2 saturated heterocycles. The molecule has 4 rings (SSSR count). The topological polar surface area (TPSA) is 109 Å². The van der Waals surface area contributed by atoms with Gasteiger partial charge in [0.2, 0.25) is 10.0 Å². The second-order valence-electron chi connectivity index (χ2n) is 8.33. The summed E-state index contributed by atoms with van der Waals surface area (Å²) in [5.74, 6) is 0.961. The second kappa shape index (κ2) is 9.83. The lowest BCUT2D eigenvalue weighted by Crippen LogP contribution is -2.28. The molecule has 0 atom stereocenters. The van der Waals surface area contributed by atoms with Crippen molar-refractivity contribution >= 4 is 27.2 Å². The van der Waals surface area contributed by atoms with Gasteiger partial charge >= 0.3 is 0 Å². The summed E-state index contributed by atoms with van der Waals surface area (Å²) >= 11 is 0. The molecular formula is C22H29N5O4S. The van der Waals surface area contributed by atoms with Crippen LogP contribution in [0.25, 0.3) is 0 Å². The van der Waals surface area contributed by atoms with Crippen molar-refractivity contribution < 1.29 is 13.3 Å². The number of non-ortho nitro benzene ring substituents is 1. The van der Waals surface area contributed by atoms with E-state index < -0.39 is 14.9 Å². The summed E-state index contributed by atoms with van der Waals surface area (Å²) in [6.07, 6.45) is 8.27. The lowest BCUT2D eigenvalue weighted by molar-refractivity contribution is -0.385. The van der Waals surface area contributed by atoms with Crippen molar-refractivity contribution in [2.75, 3.05) is 36.4 Å². The van der Waals surface area contributed by atoms with E-state index in [-0.39, 0.29) is 10.6 Å². The van der Waals surface area contributed by atoms with Crippen LogP contribution in [0, 0.1) is 10.1 Å². The predicted octanol–water partition coefficient (Wildman–Crippen LogP) is 3.77. The van der Waals surface area contributed by atoms with Crippen molar-refractivity contribution in [3.8, 4) is 0 Å². The van der Waals surface area contributed by atoms with Gasteiger partial charge in [-0.1, -0.05) is 18.9 Å². The smallest absolute Gasteiger partial charge is 0.270 e.